The second-order valence-electron chi connectivity index (χ2n) is 4.29. The van der Waals surface area contributed by atoms with E-state index in [4.69, 9.17) is 11.6 Å². The van der Waals surface area contributed by atoms with E-state index in [1.54, 1.807) is 17.8 Å². The van der Waals surface area contributed by atoms with Crippen LogP contribution in [0, 0.1) is 6.92 Å². The van der Waals surface area contributed by atoms with Gasteiger partial charge in [0.1, 0.15) is 0 Å². The lowest BCUT2D eigenvalue weighted by molar-refractivity contribution is -0.115. The van der Waals surface area contributed by atoms with Crippen molar-refractivity contribution in [3.05, 3.63) is 39.9 Å². The Labute approximate surface area is 128 Å². The van der Waals surface area contributed by atoms with Crippen LogP contribution in [0.15, 0.2) is 29.3 Å². The molecule has 0 saturated heterocycles. The number of halogens is 2. The molecule has 2 rings (SSSR count). The lowest BCUT2D eigenvalue weighted by Gasteiger charge is -2.15. The minimum atomic E-state index is -0.0180. The van der Waals surface area contributed by atoms with E-state index in [0.29, 0.717) is 11.4 Å². The normalized spacial score (nSPS) is 13.8. The van der Waals surface area contributed by atoms with E-state index >= 15 is 0 Å². The van der Waals surface area contributed by atoms with Crippen LogP contribution in [0.5, 0.6) is 0 Å². The molecule has 0 radical (unpaired) electrons. The van der Waals surface area contributed by atoms with E-state index in [9.17, 15) is 4.79 Å². The molecule has 1 aromatic carbocycles. The highest BCUT2D eigenvalue weighted by Gasteiger charge is 2.14. The highest BCUT2D eigenvalue weighted by atomic mass is 35.5. The van der Waals surface area contributed by atoms with Gasteiger partial charge >= 0.3 is 0 Å². The molecule has 0 aromatic heterocycles. The average molecular weight is 319 g/mol. The summed E-state index contributed by atoms with van der Waals surface area (Å²) in [5, 5.41) is 5.55. The fourth-order valence-corrected chi connectivity index (χ4v) is 2.74. The standard InChI is InChI=1S/C13H15ClN2OS.ClH/c1-9-3-4-10(5-12(9)14)15-13(17)6-11-7-18-8-16(11)2;/h3-5,7H,6,8H2,1-2H3,(H,15,17);1H. The smallest absolute Gasteiger partial charge is 0.230 e. The van der Waals surface area contributed by atoms with E-state index in [2.05, 4.69) is 10.2 Å². The Kier molecular flexibility index (Phi) is 6.04. The van der Waals surface area contributed by atoms with E-state index < -0.39 is 0 Å². The predicted octanol–water partition coefficient (Wildman–Crippen LogP) is 3.88. The number of carbonyl (C=O) groups excluding carboxylic acids is 1. The first-order chi connectivity index (χ1) is 8.56. The average Bonchev–Trinajstić information content (AvgIpc) is 2.70. The number of rotatable bonds is 3. The van der Waals surface area contributed by atoms with Gasteiger partial charge in [0, 0.05) is 23.5 Å². The van der Waals surface area contributed by atoms with Gasteiger partial charge in [-0.05, 0) is 30.0 Å². The number of hydrogen-bond acceptors (Lipinski definition) is 3. The van der Waals surface area contributed by atoms with Gasteiger partial charge in [-0.2, -0.15) is 0 Å². The zero-order valence-corrected chi connectivity index (χ0v) is 13.2. The maximum absolute atomic E-state index is 11.9. The Morgan fingerprint density at radius 3 is 2.84 bits per heavy atom. The number of benzene rings is 1. The van der Waals surface area contributed by atoms with Crippen LogP contribution in [0.1, 0.15) is 12.0 Å². The first-order valence-electron chi connectivity index (χ1n) is 5.64. The molecule has 0 fully saturated rings. The molecule has 0 atom stereocenters. The maximum Gasteiger partial charge on any atom is 0.230 e. The van der Waals surface area contributed by atoms with Crippen molar-refractivity contribution in [2.45, 2.75) is 13.3 Å². The summed E-state index contributed by atoms with van der Waals surface area (Å²) in [4.78, 5) is 14.0. The fourth-order valence-electron chi connectivity index (χ4n) is 1.64. The van der Waals surface area contributed by atoms with Crippen LogP contribution in [-0.2, 0) is 4.79 Å². The fraction of sp³-hybridized carbons (Fsp3) is 0.308. The quantitative estimate of drug-likeness (QED) is 0.918. The molecule has 0 saturated carbocycles. The molecule has 0 aliphatic carbocycles. The van der Waals surface area contributed by atoms with Gasteiger partial charge in [-0.15, -0.1) is 24.2 Å². The van der Waals surface area contributed by atoms with E-state index in [0.717, 1.165) is 22.8 Å². The van der Waals surface area contributed by atoms with Gasteiger partial charge < -0.3 is 10.2 Å². The maximum atomic E-state index is 11.9. The number of carbonyl (C=O) groups is 1. The molecule has 0 unspecified atom stereocenters. The molecule has 0 bridgehead atoms. The molecule has 1 amide bonds. The summed E-state index contributed by atoms with van der Waals surface area (Å²) < 4.78 is 0. The monoisotopic (exact) mass is 318 g/mol. The third kappa shape index (κ3) is 4.34. The number of amides is 1. The summed E-state index contributed by atoms with van der Waals surface area (Å²) in [6.45, 7) is 1.93. The summed E-state index contributed by atoms with van der Waals surface area (Å²) >= 11 is 7.72. The molecule has 1 aromatic rings. The molecule has 104 valence electrons. The molecule has 6 heteroatoms. The third-order valence-corrected chi connectivity index (χ3v) is 4.16. The van der Waals surface area contributed by atoms with E-state index in [1.165, 1.54) is 0 Å². The summed E-state index contributed by atoms with van der Waals surface area (Å²) in [6, 6.07) is 5.53. The molecule has 1 aliphatic heterocycles. The number of anilines is 1. The number of aryl methyl sites for hydroxylation is 1. The number of thioether (sulfide) groups is 1. The Morgan fingerprint density at radius 2 is 2.26 bits per heavy atom. The molecular formula is C13H16Cl2N2OS. The Balaban J connectivity index is 0.00000180. The van der Waals surface area contributed by atoms with Crippen molar-refractivity contribution in [3.8, 4) is 0 Å². The summed E-state index contributed by atoms with van der Waals surface area (Å²) in [7, 11) is 1.99. The lowest BCUT2D eigenvalue weighted by Crippen LogP contribution is -2.19. The van der Waals surface area contributed by atoms with Gasteiger partial charge in [0.05, 0.1) is 12.3 Å². The van der Waals surface area contributed by atoms with Crippen molar-refractivity contribution in [3.63, 3.8) is 0 Å². The predicted molar refractivity (Wildman–Crippen MR) is 85.0 cm³/mol. The van der Waals surface area contributed by atoms with Crippen LogP contribution in [0.4, 0.5) is 5.69 Å². The Bertz CT molecular complexity index is 505. The van der Waals surface area contributed by atoms with Crippen molar-refractivity contribution in [2.75, 3.05) is 18.2 Å². The van der Waals surface area contributed by atoms with Gasteiger partial charge in [0.25, 0.3) is 0 Å². The van der Waals surface area contributed by atoms with E-state index in [1.807, 2.05) is 31.5 Å². The van der Waals surface area contributed by atoms with E-state index in [-0.39, 0.29) is 18.3 Å². The first-order valence-corrected chi connectivity index (χ1v) is 7.07. The van der Waals surface area contributed by atoms with Crippen LogP contribution in [0.2, 0.25) is 5.02 Å². The molecule has 3 nitrogen and oxygen atoms in total. The Morgan fingerprint density at radius 1 is 1.53 bits per heavy atom. The van der Waals surface area contributed by atoms with Crippen LogP contribution >= 0.6 is 35.8 Å². The minimum absolute atomic E-state index is 0. The second-order valence-corrected chi connectivity index (χ2v) is 5.53. The zero-order chi connectivity index (χ0) is 13.1. The van der Waals surface area contributed by atoms with Gasteiger partial charge in [-0.1, -0.05) is 17.7 Å². The van der Waals surface area contributed by atoms with Crippen LogP contribution in [-0.4, -0.2) is 23.7 Å². The molecule has 1 aliphatic rings. The van der Waals surface area contributed by atoms with Crippen LogP contribution < -0.4 is 5.32 Å². The largest absolute Gasteiger partial charge is 0.367 e. The van der Waals surface area contributed by atoms with Crippen molar-refractivity contribution in [2.24, 2.45) is 0 Å². The Hall–Kier alpha value is -0.840. The highest BCUT2D eigenvalue weighted by molar-refractivity contribution is 8.02. The lowest BCUT2D eigenvalue weighted by atomic mass is 10.2. The van der Waals surface area contributed by atoms with Gasteiger partial charge in [-0.25, -0.2) is 0 Å². The third-order valence-electron chi connectivity index (χ3n) is 2.78. The van der Waals surface area contributed by atoms with Gasteiger partial charge in [0.2, 0.25) is 5.91 Å². The number of hydrogen-bond donors (Lipinski definition) is 1. The molecule has 0 spiro atoms. The highest BCUT2D eigenvalue weighted by Crippen LogP contribution is 2.24. The minimum Gasteiger partial charge on any atom is -0.367 e. The topological polar surface area (TPSA) is 32.3 Å². The van der Waals surface area contributed by atoms with Crippen molar-refractivity contribution in [1.82, 2.24) is 4.90 Å². The number of nitrogens with zero attached hydrogens (tertiary/aromatic N) is 1. The van der Waals surface area contributed by atoms with Gasteiger partial charge in [-0.3, -0.25) is 4.79 Å². The number of nitrogens with one attached hydrogen (secondary N) is 1. The second kappa shape index (κ2) is 7.08. The summed E-state index contributed by atoms with van der Waals surface area (Å²) in [5.74, 6) is 0.898. The van der Waals surface area contributed by atoms with Crippen molar-refractivity contribution < 1.29 is 4.79 Å². The molecular weight excluding hydrogens is 303 g/mol. The van der Waals surface area contributed by atoms with Crippen molar-refractivity contribution >= 4 is 47.4 Å². The SMILES string of the molecule is Cc1ccc(NC(=O)CC2=CSCN2C)cc1Cl.Cl. The van der Waals surface area contributed by atoms with Crippen LogP contribution in [0.3, 0.4) is 0 Å². The summed E-state index contributed by atoms with van der Waals surface area (Å²) in [6.07, 6.45) is 0.398. The van der Waals surface area contributed by atoms with Crippen molar-refractivity contribution in [1.29, 1.82) is 0 Å². The molecule has 19 heavy (non-hydrogen) atoms. The van der Waals surface area contributed by atoms with Gasteiger partial charge in [0.15, 0.2) is 0 Å². The molecule has 1 heterocycles. The van der Waals surface area contributed by atoms with Crippen LogP contribution in [0.25, 0.3) is 0 Å². The summed E-state index contributed by atoms with van der Waals surface area (Å²) in [5.41, 5.74) is 2.80. The first kappa shape index (κ1) is 16.2. The zero-order valence-electron chi connectivity index (χ0n) is 10.8. The molecule has 1 N–H and O–H groups in total.